The molecule has 0 saturated heterocycles. The summed E-state index contributed by atoms with van der Waals surface area (Å²) in [4.78, 5) is 8.29. The molecule has 0 aliphatic rings. The molecule has 2 rings (SSSR count). The maximum absolute atomic E-state index is 5.76. The van der Waals surface area contributed by atoms with E-state index in [1.165, 1.54) is 0 Å². The minimum Gasteiger partial charge on any atom is -0.435 e. The standard InChI is InChI=1S/C12H17N5O2/c1-7-12(8(2)17(3)16-7)19-11-5-9(13)14-10(15-11)6-18-4/h5H,6H2,1-4H3,(H2,13,14,15). The van der Waals surface area contributed by atoms with Crippen LogP contribution in [0.4, 0.5) is 5.82 Å². The Labute approximate surface area is 111 Å². The van der Waals surface area contributed by atoms with Crippen molar-refractivity contribution in [1.29, 1.82) is 0 Å². The lowest BCUT2D eigenvalue weighted by Crippen LogP contribution is -2.03. The third kappa shape index (κ3) is 2.82. The molecule has 2 N–H and O–H groups in total. The zero-order valence-electron chi connectivity index (χ0n) is 11.5. The van der Waals surface area contributed by atoms with E-state index in [-0.39, 0.29) is 6.61 Å². The molecule has 102 valence electrons. The Morgan fingerprint density at radius 3 is 2.63 bits per heavy atom. The topological polar surface area (TPSA) is 88.1 Å². The average Bonchev–Trinajstić information content (AvgIpc) is 2.56. The van der Waals surface area contributed by atoms with Crippen molar-refractivity contribution >= 4 is 5.82 Å². The summed E-state index contributed by atoms with van der Waals surface area (Å²) in [6, 6.07) is 1.57. The minimum absolute atomic E-state index is 0.284. The summed E-state index contributed by atoms with van der Waals surface area (Å²) in [5.41, 5.74) is 7.43. The number of aromatic nitrogens is 4. The van der Waals surface area contributed by atoms with E-state index >= 15 is 0 Å². The van der Waals surface area contributed by atoms with Crippen LogP contribution in [0.5, 0.6) is 11.6 Å². The summed E-state index contributed by atoms with van der Waals surface area (Å²) in [6.45, 7) is 4.09. The maximum atomic E-state index is 5.76. The Morgan fingerprint density at radius 1 is 1.32 bits per heavy atom. The lowest BCUT2D eigenvalue weighted by atomic mass is 10.3. The normalized spacial score (nSPS) is 10.7. The molecule has 7 heteroatoms. The first-order chi connectivity index (χ1) is 9.01. The van der Waals surface area contributed by atoms with Crippen molar-refractivity contribution in [3.05, 3.63) is 23.3 Å². The van der Waals surface area contributed by atoms with Gasteiger partial charge in [0.25, 0.3) is 0 Å². The molecule has 2 aromatic rings. The Bertz CT molecular complexity index is 594. The molecule has 0 saturated carbocycles. The summed E-state index contributed by atoms with van der Waals surface area (Å²) in [7, 11) is 3.43. The van der Waals surface area contributed by atoms with Crippen molar-refractivity contribution in [3.8, 4) is 11.6 Å². The van der Waals surface area contributed by atoms with Crippen molar-refractivity contribution in [3.63, 3.8) is 0 Å². The zero-order chi connectivity index (χ0) is 14.0. The van der Waals surface area contributed by atoms with Gasteiger partial charge < -0.3 is 15.2 Å². The molecule has 0 radical (unpaired) electrons. The smallest absolute Gasteiger partial charge is 0.224 e. The Balaban J connectivity index is 2.32. The van der Waals surface area contributed by atoms with Gasteiger partial charge in [0.05, 0.1) is 5.69 Å². The number of nitrogens with two attached hydrogens (primary N) is 1. The number of hydrogen-bond acceptors (Lipinski definition) is 6. The van der Waals surface area contributed by atoms with E-state index in [9.17, 15) is 0 Å². The largest absolute Gasteiger partial charge is 0.435 e. The van der Waals surface area contributed by atoms with Gasteiger partial charge in [0.1, 0.15) is 18.1 Å². The predicted molar refractivity (Wildman–Crippen MR) is 69.9 cm³/mol. The molecule has 0 fully saturated rings. The van der Waals surface area contributed by atoms with Crippen LogP contribution in [0.25, 0.3) is 0 Å². The minimum atomic E-state index is 0.284. The van der Waals surface area contributed by atoms with Gasteiger partial charge in [-0.05, 0) is 13.8 Å². The second-order valence-electron chi connectivity index (χ2n) is 4.21. The molecule has 0 unspecified atom stereocenters. The van der Waals surface area contributed by atoms with Crippen LogP contribution in [-0.2, 0) is 18.4 Å². The third-order valence-electron chi connectivity index (χ3n) is 2.69. The van der Waals surface area contributed by atoms with Crippen molar-refractivity contribution in [1.82, 2.24) is 19.7 Å². The monoisotopic (exact) mass is 263 g/mol. The third-order valence-corrected chi connectivity index (χ3v) is 2.69. The molecule has 2 aromatic heterocycles. The van der Waals surface area contributed by atoms with E-state index < -0.39 is 0 Å². The van der Waals surface area contributed by atoms with Crippen molar-refractivity contribution in [2.45, 2.75) is 20.5 Å². The molecule has 0 spiro atoms. The first-order valence-electron chi connectivity index (χ1n) is 5.81. The van der Waals surface area contributed by atoms with E-state index in [4.69, 9.17) is 15.2 Å². The quantitative estimate of drug-likeness (QED) is 0.895. The second kappa shape index (κ2) is 5.23. The number of anilines is 1. The first-order valence-corrected chi connectivity index (χ1v) is 5.81. The number of rotatable bonds is 4. The molecule has 19 heavy (non-hydrogen) atoms. The van der Waals surface area contributed by atoms with Crippen LogP contribution in [-0.4, -0.2) is 26.9 Å². The van der Waals surface area contributed by atoms with Crippen LogP contribution in [0.15, 0.2) is 6.07 Å². The van der Waals surface area contributed by atoms with E-state index in [0.717, 1.165) is 11.4 Å². The Morgan fingerprint density at radius 2 is 2.05 bits per heavy atom. The van der Waals surface area contributed by atoms with Gasteiger partial charge in [0, 0.05) is 20.2 Å². The van der Waals surface area contributed by atoms with Gasteiger partial charge in [-0.15, -0.1) is 0 Å². The van der Waals surface area contributed by atoms with Gasteiger partial charge in [0.2, 0.25) is 5.88 Å². The molecule has 0 aliphatic carbocycles. The number of ether oxygens (including phenoxy) is 2. The van der Waals surface area contributed by atoms with Crippen molar-refractivity contribution in [2.75, 3.05) is 12.8 Å². The van der Waals surface area contributed by atoms with Crippen molar-refractivity contribution in [2.24, 2.45) is 7.05 Å². The molecular weight excluding hydrogens is 246 g/mol. The lowest BCUT2D eigenvalue weighted by Gasteiger charge is -2.07. The number of aryl methyl sites for hydroxylation is 2. The highest BCUT2D eigenvalue weighted by Gasteiger charge is 2.13. The SMILES string of the molecule is COCc1nc(N)cc(Oc2c(C)nn(C)c2C)n1. The fourth-order valence-electron chi connectivity index (χ4n) is 1.74. The predicted octanol–water partition coefficient (Wildman–Crippen LogP) is 1.35. The van der Waals surface area contributed by atoms with Crippen LogP contribution >= 0.6 is 0 Å². The van der Waals surface area contributed by atoms with Gasteiger partial charge in [0.15, 0.2) is 11.6 Å². The van der Waals surface area contributed by atoms with E-state index in [1.54, 1.807) is 17.9 Å². The van der Waals surface area contributed by atoms with E-state index in [0.29, 0.717) is 23.3 Å². The van der Waals surface area contributed by atoms with Gasteiger partial charge >= 0.3 is 0 Å². The second-order valence-corrected chi connectivity index (χ2v) is 4.21. The van der Waals surface area contributed by atoms with Crippen LogP contribution in [0.3, 0.4) is 0 Å². The number of methoxy groups -OCH3 is 1. The van der Waals surface area contributed by atoms with Crippen LogP contribution in [0, 0.1) is 13.8 Å². The van der Waals surface area contributed by atoms with Crippen molar-refractivity contribution < 1.29 is 9.47 Å². The molecule has 7 nitrogen and oxygen atoms in total. The summed E-state index contributed by atoms with van der Waals surface area (Å²) >= 11 is 0. The average molecular weight is 263 g/mol. The van der Waals surface area contributed by atoms with E-state index in [1.807, 2.05) is 20.9 Å². The van der Waals surface area contributed by atoms with Gasteiger partial charge in [-0.2, -0.15) is 10.1 Å². The molecule has 2 heterocycles. The maximum Gasteiger partial charge on any atom is 0.224 e. The highest BCUT2D eigenvalue weighted by atomic mass is 16.5. The zero-order valence-corrected chi connectivity index (χ0v) is 11.5. The van der Waals surface area contributed by atoms with Gasteiger partial charge in [-0.25, -0.2) is 4.98 Å². The highest BCUT2D eigenvalue weighted by Crippen LogP contribution is 2.27. The van der Waals surface area contributed by atoms with E-state index in [2.05, 4.69) is 15.1 Å². The van der Waals surface area contributed by atoms with Gasteiger partial charge in [-0.3, -0.25) is 4.68 Å². The molecule has 0 aromatic carbocycles. The fourth-order valence-corrected chi connectivity index (χ4v) is 1.74. The summed E-state index contributed by atoms with van der Waals surface area (Å²) < 4.78 is 12.5. The Kier molecular flexibility index (Phi) is 3.66. The summed E-state index contributed by atoms with van der Waals surface area (Å²) in [5.74, 6) is 1.90. The fraction of sp³-hybridized carbons (Fsp3) is 0.417. The molecule has 0 atom stereocenters. The number of nitrogens with zero attached hydrogens (tertiary/aromatic N) is 4. The summed E-state index contributed by atoms with van der Waals surface area (Å²) in [5, 5.41) is 4.28. The first kappa shape index (κ1) is 13.3. The Hall–Kier alpha value is -2.15. The molecular formula is C12H17N5O2. The van der Waals surface area contributed by atoms with Gasteiger partial charge in [-0.1, -0.05) is 0 Å². The lowest BCUT2D eigenvalue weighted by molar-refractivity contribution is 0.177. The number of nitrogen functional groups attached to an aromatic ring is 1. The molecule has 0 aliphatic heterocycles. The van der Waals surface area contributed by atoms with Crippen LogP contribution in [0.2, 0.25) is 0 Å². The molecule has 0 bridgehead atoms. The number of hydrogen-bond donors (Lipinski definition) is 1. The molecule has 0 amide bonds. The van der Waals surface area contributed by atoms with Crippen LogP contribution < -0.4 is 10.5 Å². The van der Waals surface area contributed by atoms with Crippen LogP contribution in [0.1, 0.15) is 17.2 Å². The highest BCUT2D eigenvalue weighted by molar-refractivity contribution is 5.39. The summed E-state index contributed by atoms with van der Waals surface area (Å²) in [6.07, 6.45) is 0.